The van der Waals surface area contributed by atoms with Crippen molar-refractivity contribution in [1.29, 1.82) is 0 Å². The standard InChI is InChI=1S/C19H22O/c1-2-3-4-5-6-10-15-11-9-14-18-19(15)16-12-7-8-13-17(16)20-18/h7-9,11-14H,2-6,10H2,1H3. The number of benzene rings is 2. The first kappa shape index (κ1) is 13.2. The fourth-order valence-corrected chi connectivity index (χ4v) is 2.98. The predicted octanol–water partition coefficient (Wildman–Crippen LogP) is 6.10. The molecule has 0 unspecified atom stereocenters. The number of hydrogen-bond acceptors (Lipinski definition) is 1. The summed E-state index contributed by atoms with van der Waals surface area (Å²) in [7, 11) is 0. The van der Waals surface area contributed by atoms with E-state index in [0.29, 0.717) is 0 Å². The van der Waals surface area contributed by atoms with E-state index in [0.717, 1.165) is 17.6 Å². The molecule has 0 atom stereocenters. The maximum atomic E-state index is 5.94. The monoisotopic (exact) mass is 266 g/mol. The minimum absolute atomic E-state index is 1.00. The summed E-state index contributed by atoms with van der Waals surface area (Å²) < 4.78 is 5.94. The van der Waals surface area contributed by atoms with Crippen molar-refractivity contribution in [3.8, 4) is 0 Å². The highest BCUT2D eigenvalue weighted by molar-refractivity contribution is 6.06. The van der Waals surface area contributed by atoms with E-state index < -0.39 is 0 Å². The summed E-state index contributed by atoms with van der Waals surface area (Å²) in [6.45, 7) is 2.26. The number of hydrogen-bond donors (Lipinski definition) is 0. The highest BCUT2D eigenvalue weighted by Gasteiger charge is 2.09. The molecule has 1 heteroatoms. The Balaban J connectivity index is 1.86. The number of para-hydroxylation sites is 1. The van der Waals surface area contributed by atoms with Crippen LogP contribution in [0.3, 0.4) is 0 Å². The summed E-state index contributed by atoms with van der Waals surface area (Å²) in [5.41, 5.74) is 3.46. The van der Waals surface area contributed by atoms with Crippen molar-refractivity contribution in [3.05, 3.63) is 48.0 Å². The van der Waals surface area contributed by atoms with Gasteiger partial charge in [-0.25, -0.2) is 0 Å². The zero-order valence-electron chi connectivity index (χ0n) is 12.2. The third kappa shape index (κ3) is 2.58. The zero-order valence-corrected chi connectivity index (χ0v) is 12.2. The van der Waals surface area contributed by atoms with Gasteiger partial charge in [0.1, 0.15) is 11.2 Å². The first-order valence-corrected chi connectivity index (χ1v) is 7.79. The van der Waals surface area contributed by atoms with Crippen molar-refractivity contribution in [1.82, 2.24) is 0 Å². The van der Waals surface area contributed by atoms with Crippen molar-refractivity contribution in [2.75, 3.05) is 0 Å². The smallest absolute Gasteiger partial charge is 0.135 e. The molecule has 3 aromatic rings. The Bertz CT molecular complexity index is 693. The lowest BCUT2D eigenvalue weighted by molar-refractivity contribution is 0.633. The lowest BCUT2D eigenvalue weighted by Gasteiger charge is -2.03. The number of furan rings is 1. The van der Waals surface area contributed by atoms with E-state index in [2.05, 4.69) is 43.3 Å². The summed E-state index contributed by atoms with van der Waals surface area (Å²) in [4.78, 5) is 0. The van der Waals surface area contributed by atoms with Gasteiger partial charge >= 0.3 is 0 Å². The Kier molecular flexibility index (Phi) is 4.05. The van der Waals surface area contributed by atoms with Gasteiger partial charge in [-0.1, -0.05) is 62.9 Å². The maximum Gasteiger partial charge on any atom is 0.135 e. The quantitative estimate of drug-likeness (QED) is 0.491. The van der Waals surface area contributed by atoms with Crippen LogP contribution < -0.4 is 0 Å². The summed E-state index contributed by atoms with van der Waals surface area (Å²) in [6.07, 6.45) is 7.79. The van der Waals surface area contributed by atoms with E-state index >= 15 is 0 Å². The third-order valence-electron chi connectivity index (χ3n) is 4.04. The molecular weight excluding hydrogens is 244 g/mol. The Hall–Kier alpha value is -1.76. The molecule has 0 spiro atoms. The van der Waals surface area contributed by atoms with E-state index in [9.17, 15) is 0 Å². The van der Waals surface area contributed by atoms with Gasteiger partial charge in [-0.15, -0.1) is 0 Å². The van der Waals surface area contributed by atoms with Crippen LogP contribution in [0.15, 0.2) is 46.9 Å². The molecular formula is C19H22O. The highest BCUT2D eigenvalue weighted by Crippen LogP contribution is 2.31. The molecule has 0 aliphatic heterocycles. The lowest BCUT2D eigenvalue weighted by atomic mass is 10.0. The molecule has 20 heavy (non-hydrogen) atoms. The van der Waals surface area contributed by atoms with Crippen LogP contribution in [0.5, 0.6) is 0 Å². The van der Waals surface area contributed by atoms with E-state index in [4.69, 9.17) is 4.42 Å². The third-order valence-corrected chi connectivity index (χ3v) is 4.04. The Morgan fingerprint density at radius 1 is 0.800 bits per heavy atom. The van der Waals surface area contributed by atoms with E-state index in [1.165, 1.54) is 48.4 Å². The minimum Gasteiger partial charge on any atom is -0.456 e. The largest absolute Gasteiger partial charge is 0.456 e. The molecule has 0 saturated heterocycles. The molecule has 2 aromatic carbocycles. The first-order chi connectivity index (χ1) is 9.90. The van der Waals surface area contributed by atoms with Gasteiger partial charge in [0.05, 0.1) is 0 Å². The van der Waals surface area contributed by atoms with Crippen molar-refractivity contribution in [3.63, 3.8) is 0 Å². The van der Waals surface area contributed by atoms with Gasteiger partial charge < -0.3 is 4.42 Å². The van der Waals surface area contributed by atoms with Gasteiger partial charge in [0, 0.05) is 10.8 Å². The van der Waals surface area contributed by atoms with Gasteiger partial charge in [0.2, 0.25) is 0 Å². The van der Waals surface area contributed by atoms with Crippen LogP contribution in [-0.4, -0.2) is 0 Å². The molecule has 104 valence electrons. The summed E-state index contributed by atoms with van der Waals surface area (Å²) >= 11 is 0. The fraction of sp³-hybridized carbons (Fsp3) is 0.368. The normalized spacial score (nSPS) is 11.4. The van der Waals surface area contributed by atoms with Crippen LogP contribution in [0.25, 0.3) is 21.9 Å². The SMILES string of the molecule is CCCCCCCc1cccc2oc3ccccc3c12. The molecule has 0 saturated carbocycles. The van der Waals surface area contributed by atoms with Crippen LogP contribution in [0.2, 0.25) is 0 Å². The van der Waals surface area contributed by atoms with E-state index in [-0.39, 0.29) is 0 Å². The second-order valence-electron chi connectivity index (χ2n) is 5.55. The molecule has 0 amide bonds. The van der Waals surface area contributed by atoms with E-state index in [1.54, 1.807) is 0 Å². The van der Waals surface area contributed by atoms with Crippen LogP contribution in [0, 0.1) is 0 Å². The van der Waals surface area contributed by atoms with E-state index in [1.807, 2.05) is 6.07 Å². The zero-order chi connectivity index (χ0) is 13.8. The molecule has 0 aliphatic rings. The Morgan fingerprint density at radius 2 is 1.60 bits per heavy atom. The van der Waals surface area contributed by atoms with Crippen molar-refractivity contribution in [2.24, 2.45) is 0 Å². The molecule has 0 N–H and O–H groups in total. The van der Waals surface area contributed by atoms with Crippen LogP contribution >= 0.6 is 0 Å². The molecule has 1 heterocycles. The van der Waals surface area contributed by atoms with Gasteiger partial charge in [-0.2, -0.15) is 0 Å². The molecule has 3 rings (SSSR count). The number of unbranched alkanes of at least 4 members (excludes halogenated alkanes) is 4. The molecule has 0 radical (unpaired) electrons. The fourth-order valence-electron chi connectivity index (χ4n) is 2.98. The summed E-state index contributed by atoms with van der Waals surface area (Å²) in [5, 5.41) is 2.57. The lowest BCUT2D eigenvalue weighted by Crippen LogP contribution is -1.87. The molecule has 0 aliphatic carbocycles. The second kappa shape index (κ2) is 6.13. The highest BCUT2D eigenvalue weighted by atomic mass is 16.3. The average molecular weight is 266 g/mol. The van der Waals surface area contributed by atoms with Gasteiger partial charge in [-0.3, -0.25) is 0 Å². The van der Waals surface area contributed by atoms with Crippen LogP contribution in [0.1, 0.15) is 44.6 Å². The Labute approximate surface area is 120 Å². The second-order valence-corrected chi connectivity index (χ2v) is 5.55. The summed E-state index contributed by atoms with van der Waals surface area (Å²) in [5.74, 6) is 0. The number of aryl methyl sites for hydroxylation is 1. The average Bonchev–Trinajstić information content (AvgIpc) is 2.86. The van der Waals surface area contributed by atoms with Crippen molar-refractivity contribution in [2.45, 2.75) is 45.4 Å². The maximum absolute atomic E-state index is 5.94. The molecule has 0 fully saturated rings. The number of rotatable bonds is 6. The van der Waals surface area contributed by atoms with Crippen molar-refractivity contribution >= 4 is 21.9 Å². The van der Waals surface area contributed by atoms with Gasteiger partial charge in [0.15, 0.2) is 0 Å². The van der Waals surface area contributed by atoms with Crippen molar-refractivity contribution < 1.29 is 4.42 Å². The van der Waals surface area contributed by atoms with Crippen LogP contribution in [-0.2, 0) is 6.42 Å². The van der Waals surface area contributed by atoms with Gasteiger partial charge in [-0.05, 0) is 30.5 Å². The topological polar surface area (TPSA) is 13.1 Å². The van der Waals surface area contributed by atoms with Crippen LogP contribution in [0.4, 0.5) is 0 Å². The number of fused-ring (bicyclic) bond motifs is 3. The first-order valence-electron chi connectivity index (χ1n) is 7.79. The van der Waals surface area contributed by atoms with Gasteiger partial charge in [0.25, 0.3) is 0 Å². The molecule has 0 bridgehead atoms. The molecule has 1 aromatic heterocycles. The summed E-state index contributed by atoms with van der Waals surface area (Å²) in [6, 6.07) is 14.8. The minimum atomic E-state index is 1.00. The Morgan fingerprint density at radius 3 is 2.50 bits per heavy atom. The predicted molar refractivity (Wildman–Crippen MR) is 86.2 cm³/mol. The molecule has 1 nitrogen and oxygen atoms in total.